The molecule has 2 rings (SSSR count). The lowest BCUT2D eigenvalue weighted by Crippen LogP contribution is -2.05. The van der Waals surface area contributed by atoms with E-state index in [1.54, 1.807) is 25.0 Å². The highest BCUT2D eigenvalue weighted by atomic mass is 32.2. The van der Waals surface area contributed by atoms with E-state index < -0.39 is 0 Å². The molecule has 1 heterocycles. The Balaban J connectivity index is 2.15. The van der Waals surface area contributed by atoms with E-state index in [9.17, 15) is 4.79 Å². The molecule has 2 N–H and O–H groups in total. The number of aromatic nitrogens is 2. The fourth-order valence-corrected chi connectivity index (χ4v) is 2.41. The van der Waals surface area contributed by atoms with Gasteiger partial charge >= 0.3 is 0 Å². The van der Waals surface area contributed by atoms with Crippen LogP contribution in [0.5, 0.6) is 0 Å². The highest BCUT2D eigenvalue weighted by Crippen LogP contribution is 2.29. The largest absolute Gasteiger partial charge is 0.357 e. The van der Waals surface area contributed by atoms with Crippen LogP contribution in [0.2, 0.25) is 0 Å². The molecular weight excluding hydrogens is 272 g/mol. The molecule has 0 fully saturated rings. The van der Waals surface area contributed by atoms with Crippen LogP contribution in [0.3, 0.4) is 0 Å². The zero-order valence-electron chi connectivity index (χ0n) is 11.6. The normalized spacial score (nSPS) is 10.2. The Morgan fingerprint density at radius 1 is 1.25 bits per heavy atom. The Labute approximate surface area is 122 Å². The van der Waals surface area contributed by atoms with Gasteiger partial charge in [0.25, 0.3) is 0 Å². The van der Waals surface area contributed by atoms with Crippen molar-refractivity contribution in [2.24, 2.45) is 0 Å². The molecule has 2 aromatic rings. The van der Waals surface area contributed by atoms with Crippen molar-refractivity contribution in [3.8, 4) is 0 Å². The number of hydrogen-bond donors (Lipinski definition) is 2. The van der Waals surface area contributed by atoms with Crippen LogP contribution < -0.4 is 10.6 Å². The van der Waals surface area contributed by atoms with E-state index in [4.69, 9.17) is 0 Å². The van der Waals surface area contributed by atoms with E-state index in [2.05, 4.69) is 20.6 Å². The van der Waals surface area contributed by atoms with Crippen molar-refractivity contribution in [1.29, 1.82) is 0 Å². The third-order valence-corrected chi connectivity index (χ3v) is 3.65. The molecule has 0 aliphatic carbocycles. The molecular formula is C14H16N4OS. The van der Waals surface area contributed by atoms with Crippen LogP contribution in [0, 0.1) is 6.92 Å². The first-order chi connectivity index (χ1) is 9.58. The maximum atomic E-state index is 11.0. The molecule has 1 amide bonds. The minimum absolute atomic E-state index is 0.0734. The maximum Gasteiger partial charge on any atom is 0.223 e. The van der Waals surface area contributed by atoms with Crippen molar-refractivity contribution < 1.29 is 4.79 Å². The number of hydrogen-bond acceptors (Lipinski definition) is 5. The molecule has 0 atom stereocenters. The lowest BCUT2D eigenvalue weighted by molar-refractivity contribution is -0.114. The van der Waals surface area contributed by atoms with Gasteiger partial charge in [0.05, 0.1) is 0 Å². The Morgan fingerprint density at radius 2 is 1.95 bits per heavy atom. The molecule has 0 radical (unpaired) electrons. The van der Waals surface area contributed by atoms with E-state index in [-0.39, 0.29) is 5.91 Å². The van der Waals surface area contributed by atoms with Gasteiger partial charge in [-0.05, 0) is 31.2 Å². The number of amides is 1. The molecule has 104 valence electrons. The van der Waals surface area contributed by atoms with Gasteiger partial charge in [-0.2, -0.15) is 0 Å². The zero-order valence-corrected chi connectivity index (χ0v) is 12.4. The average molecular weight is 288 g/mol. The second kappa shape index (κ2) is 6.38. The fourth-order valence-electron chi connectivity index (χ4n) is 1.57. The topological polar surface area (TPSA) is 66.9 Å². The number of aryl methyl sites for hydroxylation is 1. The predicted molar refractivity (Wildman–Crippen MR) is 81.2 cm³/mol. The lowest BCUT2D eigenvalue weighted by atomic mass is 10.3. The van der Waals surface area contributed by atoms with E-state index in [1.807, 2.05) is 31.2 Å². The summed E-state index contributed by atoms with van der Waals surface area (Å²) in [5.74, 6) is 0.531. The summed E-state index contributed by atoms with van der Waals surface area (Å²) in [5.41, 5.74) is 1.82. The molecule has 0 saturated heterocycles. The Kier molecular flexibility index (Phi) is 4.57. The summed E-state index contributed by atoms with van der Waals surface area (Å²) < 4.78 is 0. The maximum absolute atomic E-state index is 11.0. The Bertz CT molecular complexity index is 613. The minimum Gasteiger partial charge on any atom is -0.357 e. The van der Waals surface area contributed by atoms with Crippen molar-refractivity contribution in [1.82, 2.24) is 9.97 Å². The number of nitrogens with zero attached hydrogens (tertiary/aromatic N) is 2. The number of nitrogens with one attached hydrogen (secondary N) is 2. The molecule has 1 aromatic carbocycles. The molecule has 0 unspecified atom stereocenters. The highest BCUT2D eigenvalue weighted by Gasteiger charge is 2.05. The first-order valence-corrected chi connectivity index (χ1v) is 6.97. The summed E-state index contributed by atoms with van der Waals surface area (Å²) in [4.78, 5) is 20.6. The summed E-state index contributed by atoms with van der Waals surface area (Å²) >= 11 is 1.57. The number of carbonyl (C=O) groups is 1. The van der Waals surface area contributed by atoms with E-state index >= 15 is 0 Å². The van der Waals surface area contributed by atoms with Crippen molar-refractivity contribution in [2.45, 2.75) is 23.8 Å². The smallest absolute Gasteiger partial charge is 0.223 e. The predicted octanol–water partition coefficient (Wildman–Crippen LogP) is 2.94. The van der Waals surface area contributed by atoms with Crippen molar-refractivity contribution in [3.63, 3.8) is 0 Å². The van der Waals surface area contributed by atoms with Crippen molar-refractivity contribution >= 4 is 29.3 Å². The molecule has 0 saturated carbocycles. The second-order valence-electron chi connectivity index (χ2n) is 4.24. The van der Waals surface area contributed by atoms with Crippen molar-refractivity contribution in [3.05, 3.63) is 36.0 Å². The molecule has 1 aromatic heterocycles. The first-order valence-electron chi connectivity index (χ1n) is 6.15. The minimum atomic E-state index is -0.0734. The van der Waals surface area contributed by atoms with E-state index in [1.165, 1.54) is 6.92 Å². The third-order valence-electron chi connectivity index (χ3n) is 2.54. The Morgan fingerprint density at radius 3 is 2.55 bits per heavy atom. The van der Waals surface area contributed by atoms with Gasteiger partial charge in [-0.3, -0.25) is 4.79 Å². The fraction of sp³-hybridized carbons (Fsp3) is 0.214. The lowest BCUT2D eigenvalue weighted by Gasteiger charge is -2.07. The standard InChI is InChI=1S/C14H16N4OS/c1-9-8-16-14(15-3)18-13(9)20-12-6-4-11(5-7-12)17-10(2)19/h4-8H,1-3H3,(H,17,19)(H,15,16,18). The number of carbonyl (C=O) groups excluding carboxylic acids is 1. The van der Waals surface area contributed by atoms with Crippen LogP contribution in [0.1, 0.15) is 12.5 Å². The summed E-state index contributed by atoms with van der Waals surface area (Å²) in [6.07, 6.45) is 1.80. The van der Waals surface area contributed by atoms with Crippen LogP contribution in [0.25, 0.3) is 0 Å². The second-order valence-corrected chi connectivity index (χ2v) is 5.30. The van der Waals surface area contributed by atoms with Gasteiger partial charge in [-0.1, -0.05) is 11.8 Å². The van der Waals surface area contributed by atoms with Gasteiger partial charge in [-0.15, -0.1) is 0 Å². The van der Waals surface area contributed by atoms with Crippen LogP contribution in [0.4, 0.5) is 11.6 Å². The molecule has 0 aliphatic heterocycles. The number of anilines is 2. The monoisotopic (exact) mass is 288 g/mol. The number of rotatable bonds is 4. The number of benzene rings is 1. The first kappa shape index (κ1) is 14.3. The van der Waals surface area contributed by atoms with Crippen LogP contribution in [0.15, 0.2) is 40.4 Å². The van der Waals surface area contributed by atoms with Gasteiger partial charge in [0.2, 0.25) is 11.9 Å². The molecule has 20 heavy (non-hydrogen) atoms. The molecule has 0 spiro atoms. The molecule has 0 aliphatic rings. The molecule has 5 nitrogen and oxygen atoms in total. The molecule has 6 heteroatoms. The van der Waals surface area contributed by atoms with E-state index in [0.29, 0.717) is 5.95 Å². The average Bonchev–Trinajstić information content (AvgIpc) is 2.43. The summed E-state index contributed by atoms with van der Waals surface area (Å²) in [5, 5.41) is 6.58. The van der Waals surface area contributed by atoms with E-state index in [0.717, 1.165) is 21.2 Å². The van der Waals surface area contributed by atoms with Gasteiger partial charge in [0.15, 0.2) is 0 Å². The van der Waals surface area contributed by atoms with Gasteiger partial charge < -0.3 is 10.6 Å². The Hall–Kier alpha value is -2.08. The molecule has 0 bridgehead atoms. The summed E-state index contributed by atoms with van der Waals surface area (Å²) in [6.45, 7) is 3.47. The van der Waals surface area contributed by atoms with Gasteiger partial charge in [0.1, 0.15) is 5.03 Å². The zero-order chi connectivity index (χ0) is 14.5. The highest BCUT2D eigenvalue weighted by molar-refractivity contribution is 7.99. The summed E-state index contributed by atoms with van der Waals surface area (Å²) in [6, 6.07) is 7.66. The van der Waals surface area contributed by atoms with Gasteiger partial charge in [0, 0.05) is 36.3 Å². The third kappa shape index (κ3) is 3.71. The summed E-state index contributed by atoms with van der Waals surface area (Å²) in [7, 11) is 1.79. The van der Waals surface area contributed by atoms with Crippen LogP contribution in [-0.2, 0) is 4.79 Å². The quantitative estimate of drug-likeness (QED) is 0.847. The SMILES string of the molecule is CNc1ncc(C)c(Sc2ccc(NC(C)=O)cc2)n1. The van der Waals surface area contributed by atoms with Crippen LogP contribution in [-0.4, -0.2) is 22.9 Å². The van der Waals surface area contributed by atoms with Crippen molar-refractivity contribution in [2.75, 3.05) is 17.7 Å². The van der Waals surface area contributed by atoms with Gasteiger partial charge in [-0.25, -0.2) is 9.97 Å². The van der Waals surface area contributed by atoms with Crippen LogP contribution >= 0.6 is 11.8 Å².